The molecule has 0 radical (unpaired) electrons. The molecule has 3 saturated heterocycles. The van der Waals surface area contributed by atoms with E-state index in [1.165, 1.54) is 44.2 Å². The number of hydrogen-bond donors (Lipinski definition) is 4. The van der Waals surface area contributed by atoms with Crippen LogP contribution >= 0.6 is 11.3 Å². The van der Waals surface area contributed by atoms with Gasteiger partial charge in [-0.3, -0.25) is 34.2 Å². The maximum absolute atomic E-state index is 13.2. The number of ketones is 3. The number of aromatic amines is 4. The first kappa shape index (κ1) is 74.2. The number of H-pyrrole nitrogens is 4. The Hall–Kier alpha value is -7.52. The van der Waals surface area contributed by atoms with Gasteiger partial charge >= 0.3 is 0 Å². The average Bonchev–Trinajstić information content (AvgIpc) is 1.76. The van der Waals surface area contributed by atoms with Crippen LogP contribution in [0.25, 0.3) is 32.7 Å². The van der Waals surface area contributed by atoms with Crippen molar-refractivity contribution in [2.75, 3.05) is 75.1 Å². The fourth-order valence-electron chi connectivity index (χ4n) is 14.6. The van der Waals surface area contributed by atoms with E-state index in [1.54, 1.807) is 6.20 Å². The molecule has 19 nitrogen and oxygen atoms in total. The van der Waals surface area contributed by atoms with Gasteiger partial charge in [-0.15, -0.1) is 15.3 Å². The Kier molecular flexibility index (Phi) is 25.6. The van der Waals surface area contributed by atoms with Crippen LogP contribution in [0.3, 0.4) is 0 Å². The molecule has 6 aromatic heterocycles. The summed E-state index contributed by atoms with van der Waals surface area (Å²) in [5, 5.41) is 21.2. The van der Waals surface area contributed by atoms with Gasteiger partial charge in [-0.05, 0) is 172 Å². The molecule has 534 valence electrons. The Morgan fingerprint density at radius 1 is 0.495 bits per heavy atom. The van der Waals surface area contributed by atoms with Gasteiger partial charge in [0.25, 0.3) is 6.01 Å². The molecule has 3 aliphatic heterocycles. The molecular formula is C79H113N15O4S. The second-order valence-electron chi connectivity index (χ2n) is 30.8. The van der Waals surface area contributed by atoms with Crippen LogP contribution in [0.15, 0.2) is 102 Å². The quantitative estimate of drug-likeness (QED) is 0.0353. The van der Waals surface area contributed by atoms with E-state index < -0.39 is 0 Å². The number of rotatable bonds is 27. The minimum Gasteiger partial charge on any atom is -0.420 e. The van der Waals surface area contributed by atoms with Crippen molar-refractivity contribution in [1.82, 2.24) is 60.0 Å². The Morgan fingerprint density at radius 3 is 1.30 bits per heavy atom. The minimum absolute atomic E-state index is 0.0533. The van der Waals surface area contributed by atoms with Crippen LogP contribution in [0.1, 0.15) is 189 Å². The summed E-state index contributed by atoms with van der Waals surface area (Å²) < 4.78 is 5.99. The molecule has 0 aliphatic carbocycles. The monoisotopic (exact) mass is 1370 g/mol. The predicted octanol–water partition coefficient (Wildman–Crippen LogP) is 15.7. The van der Waals surface area contributed by atoms with Crippen molar-refractivity contribution in [3.05, 3.63) is 131 Å². The molecule has 3 aromatic carbocycles. The lowest BCUT2D eigenvalue weighted by Gasteiger charge is -2.42. The van der Waals surface area contributed by atoms with Gasteiger partial charge in [0.1, 0.15) is 0 Å². The number of fused-ring (bicyclic) bond motifs is 3. The predicted molar refractivity (Wildman–Crippen MR) is 405 cm³/mol. The number of benzene rings is 3. The number of Topliss-reactive ketones (excluding diaryl/α,β-unsaturated/α-hetero) is 3. The number of hydrogen-bond acceptors (Lipinski definition) is 16. The molecule has 20 heteroatoms. The zero-order valence-electron chi connectivity index (χ0n) is 61.9. The Morgan fingerprint density at radius 2 is 0.879 bits per heavy atom. The van der Waals surface area contributed by atoms with E-state index in [0.717, 1.165) is 119 Å². The zero-order valence-corrected chi connectivity index (χ0v) is 62.7. The topological polar surface area (TPSA) is 211 Å². The number of nitrogens with one attached hydrogen (secondary N) is 4. The molecule has 9 atom stereocenters. The molecule has 0 spiro atoms. The summed E-state index contributed by atoms with van der Waals surface area (Å²) in [5.74, 6) is 4.35. The van der Waals surface area contributed by atoms with Crippen LogP contribution in [0.2, 0.25) is 0 Å². The smallest absolute Gasteiger partial charge is 0.297 e. The fraction of sp³-hybridized carbons (Fsp3) is 0.570. The number of nitrogens with zero attached hydrogens (tertiary/aromatic N) is 11. The lowest BCUT2D eigenvalue weighted by atomic mass is 9.87. The maximum atomic E-state index is 13.2. The molecule has 0 amide bonds. The van der Waals surface area contributed by atoms with Crippen molar-refractivity contribution in [3.8, 4) is 0 Å². The van der Waals surface area contributed by atoms with E-state index in [2.05, 4.69) is 258 Å². The van der Waals surface area contributed by atoms with Crippen molar-refractivity contribution in [3.63, 3.8) is 0 Å². The third kappa shape index (κ3) is 19.5. The second kappa shape index (κ2) is 34.2. The number of carbonyl (C=O) groups excluding carboxylic acids is 3. The normalized spacial score (nSPS) is 20.6. The first-order valence-corrected chi connectivity index (χ1v) is 37.6. The highest BCUT2D eigenvalue weighted by Gasteiger charge is 2.33. The summed E-state index contributed by atoms with van der Waals surface area (Å²) in [4.78, 5) is 72.6. The second-order valence-corrected chi connectivity index (χ2v) is 31.7. The standard InChI is InChI=1S/C27H38N4O2.C26H38N6O.C26H37N5OS/c1-18(2)10-11-21(12-22-14-28-24-9-7-6-8-23(22)24)13-25(32)26-15-29-27(33-26)31-16-19(3)30(5)20(4)17-31;1-17(2)10-11-20(12-21-14-27-23-9-7-6-8-22(21)23)13-24(33)25-28-26(30-29-25)32-15-18(3)31(5)19(4)16-32;1-17(2)10-11-20(12-21-14-27-23-9-7-6-8-22(21)23)13-24(32)25-28-29-26(33-25)31-15-18(3)30(5)19(4)16-31/h6-9,14-15,18-21,28H,10-13,16-17H2,1-5H3;6-9,14,17-20,27H,10-13,15-16H2,1-5H3,(H,28,29,30);6-9,14,17-20,27H,10-13,15-16H2,1-5H3/t19-,20+,21?;2*18-,19+,20?. The highest BCUT2D eigenvalue weighted by molar-refractivity contribution is 7.17. The summed E-state index contributed by atoms with van der Waals surface area (Å²) >= 11 is 1.46. The Bertz CT molecular complexity index is 3580. The van der Waals surface area contributed by atoms with Gasteiger partial charge in [-0.2, -0.15) is 4.98 Å². The van der Waals surface area contributed by atoms with E-state index in [1.807, 2.05) is 12.1 Å². The number of para-hydroxylation sites is 3. The van der Waals surface area contributed by atoms with Crippen molar-refractivity contribution >= 4 is 78.5 Å². The van der Waals surface area contributed by atoms with Gasteiger partial charge in [0.2, 0.25) is 11.1 Å². The molecule has 3 aliphatic rings. The molecule has 3 fully saturated rings. The van der Waals surface area contributed by atoms with E-state index in [9.17, 15) is 14.4 Å². The largest absolute Gasteiger partial charge is 0.420 e. The lowest BCUT2D eigenvalue weighted by Crippen LogP contribution is -2.55. The van der Waals surface area contributed by atoms with Crippen molar-refractivity contribution in [1.29, 1.82) is 0 Å². The number of likely N-dealkylation sites (N-methyl/N-ethyl adjacent to an activating group) is 3. The lowest BCUT2D eigenvalue weighted by molar-refractivity contribution is 0.0926. The van der Waals surface area contributed by atoms with Gasteiger partial charge in [0, 0.05) is 146 Å². The summed E-state index contributed by atoms with van der Waals surface area (Å²) in [7, 11) is 6.49. The highest BCUT2D eigenvalue weighted by atomic mass is 32.1. The van der Waals surface area contributed by atoms with Crippen LogP contribution in [-0.2, 0) is 19.3 Å². The van der Waals surface area contributed by atoms with Gasteiger partial charge < -0.3 is 34.1 Å². The van der Waals surface area contributed by atoms with E-state index in [0.29, 0.717) is 108 Å². The van der Waals surface area contributed by atoms with Crippen LogP contribution < -0.4 is 14.7 Å². The van der Waals surface area contributed by atoms with E-state index >= 15 is 0 Å². The molecule has 9 aromatic rings. The number of anilines is 3. The first-order chi connectivity index (χ1) is 47.4. The van der Waals surface area contributed by atoms with Crippen LogP contribution in [0.5, 0.6) is 0 Å². The summed E-state index contributed by atoms with van der Waals surface area (Å²) in [6.45, 7) is 32.1. The maximum Gasteiger partial charge on any atom is 0.297 e. The third-order valence-corrected chi connectivity index (χ3v) is 22.5. The third-order valence-electron chi connectivity index (χ3n) is 21.5. The van der Waals surface area contributed by atoms with Gasteiger partial charge in [-0.1, -0.05) is 127 Å². The van der Waals surface area contributed by atoms with E-state index in [-0.39, 0.29) is 29.2 Å². The van der Waals surface area contributed by atoms with Gasteiger partial charge in [0.15, 0.2) is 33.9 Å². The molecule has 0 saturated carbocycles. The van der Waals surface area contributed by atoms with E-state index in [4.69, 9.17) is 4.42 Å². The van der Waals surface area contributed by atoms with Gasteiger partial charge in [-0.25, -0.2) is 4.98 Å². The van der Waals surface area contributed by atoms with Crippen molar-refractivity contribution < 1.29 is 18.8 Å². The fourth-order valence-corrected chi connectivity index (χ4v) is 15.5. The number of piperazine rings is 3. The van der Waals surface area contributed by atoms with Crippen LogP contribution in [0.4, 0.5) is 17.1 Å². The molecule has 99 heavy (non-hydrogen) atoms. The summed E-state index contributed by atoms with van der Waals surface area (Å²) in [6, 6.07) is 28.3. The van der Waals surface area contributed by atoms with Crippen LogP contribution in [-0.4, -0.2) is 174 Å². The summed E-state index contributed by atoms with van der Waals surface area (Å²) in [5.41, 5.74) is 7.32. The SMILES string of the molecule is CC(C)CCC(CC(=O)c1cnc(N2C[C@@H](C)N(C)[C@@H](C)C2)o1)Cc1c[nH]c2ccccc12.CC(C)CCC(CC(=O)c1nc(N2C[C@@H](C)N(C)[C@@H](C)C2)n[nH]1)Cc1c[nH]c2ccccc12.CC(C)CCC(CC(=O)c1nnc(N2C[C@@H](C)N(C)[C@@H](C)C2)s1)Cc1c[nH]c2ccccc12. The number of oxazole rings is 1. The molecule has 12 rings (SSSR count). The first-order valence-electron chi connectivity index (χ1n) is 36.8. The number of aromatic nitrogens is 9. The number of carbonyl (C=O) groups is 3. The highest BCUT2D eigenvalue weighted by Crippen LogP contribution is 2.33. The minimum atomic E-state index is 0.0533. The van der Waals surface area contributed by atoms with Crippen LogP contribution in [0, 0.1) is 35.5 Å². The Labute approximate surface area is 592 Å². The van der Waals surface area contributed by atoms with Gasteiger partial charge in [0.05, 0.1) is 6.20 Å². The summed E-state index contributed by atoms with van der Waals surface area (Å²) in [6.07, 6.45) is 18.5. The van der Waals surface area contributed by atoms with Crippen molar-refractivity contribution in [2.45, 2.75) is 196 Å². The average molecular weight is 1370 g/mol. The zero-order chi connectivity index (χ0) is 70.6. The molecule has 9 heterocycles. The molecule has 0 bridgehead atoms. The molecular weight excluding hydrogens is 1260 g/mol. The molecule has 3 unspecified atom stereocenters. The van der Waals surface area contributed by atoms with Crippen molar-refractivity contribution in [2.24, 2.45) is 35.5 Å². The molecule has 4 N–H and O–H groups in total. The Balaban J connectivity index is 0.000000161.